The van der Waals surface area contributed by atoms with Crippen LogP contribution in [0.15, 0.2) is 0 Å². The molecule has 1 fully saturated rings. The van der Waals surface area contributed by atoms with E-state index in [2.05, 4.69) is 12.2 Å². The van der Waals surface area contributed by atoms with Gasteiger partial charge in [-0.05, 0) is 33.1 Å². The van der Waals surface area contributed by atoms with E-state index in [-0.39, 0.29) is 29.8 Å². The van der Waals surface area contributed by atoms with Crippen LogP contribution >= 0.6 is 0 Å². The largest absolute Gasteiger partial charge is 0.340 e. The topological polar surface area (TPSA) is 49.4 Å². The lowest BCUT2D eigenvalue weighted by atomic mass is 9.86. The van der Waals surface area contributed by atoms with Crippen LogP contribution in [0.1, 0.15) is 54.4 Å². The van der Waals surface area contributed by atoms with Crippen LogP contribution in [0.4, 0.5) is 0 Å². The van der Waals surface area contributed by atoms with Crippen molar-refractivity contribution in [3.63, 3.8) is 0 Å². The van der Waals surface area contributed by atoms with E-state index in [0.717, 1.165) is 6.42 Å². The smallest absolute Gasteiger partial charge is 0.248 e. The third-order valence-electron chi connectivity index (χ3n) is 4.12. The third kappa shape index (κ3) is 2.38. The molecule has 0 aromatic carbocycles. The van der Waals surface area contributed by atoms with Crippen LogP contribution in [0.3, 0.4) is 0 Å². The fourth-order valence-electron chi connectivity index (χ4n) is 2.49. The Hall–Kier alpha value is -1.06. The summed E-state index contributed by atoms with van der Waals surface area (Å²) in [7, 11) is 0. The van der Waals surface area contributed by atoms with Gasteiger partial charge >= 0.3 is 0 Å². The highest BCUT2D eigenvalue weighted by Crippen LogP contribution is 2.28. The maximum absolute atomic E-state index is 12.6. The van der Waals surface area contributed by atoms with E-state index < -0.39 is 5.54 Å². The lowest BCUT2D eigenvalue weighted by Gasteiger charge is -2.47. The van der Waals surface area contributed by atoms with Crippen LogP contribution in [-0.2, 0) is 9.59 Å². The zero-order chi connectivity index (χ0) is 14.1. The Bertz CT molecular complexity index is 341. The molecule has 0 spiro atoms. The van der Waals surface area contributed by atoms with E-state index in [0.29, 0.717) is 6.42 Å². The lowest BCUT2D eigenvalue weighted by Crippen LogP contribution is -2.71. The monoisotopic (exact) mass is 254 g/mol. The van der Waals surface area contributed by atoms with E-state index in [4.69, 9.17) is 0 Å². The van der Waals surface area contributed by atoms with Crippen molar-refractivity contribution in [3.8, 4) is 0 Å². The number of piperazine rings is 1. The van der Waals surface area contributed by atoms with Crippen molar-refractivity contribution in [2.24, 2.45) is 5.92 Å². The molecule has 3 atom stereocenters. The number of carbonyl (C=O) groups excluding carboxylic acids is 2. The zero-order valence-corrected chi connectivity index (χ0v) is 12.4. The molecule has 4 heteroatoms. The van der Waals surface area contributed by atoms with Crippen LogP contribution in [-0.4, -0.2) is 34.3 Å². The normalized spacial score (nSPS) is 30.6. The predicted octanol–water partition coefficient (Wildman–Crippen LogP) is 1.94. The first-order valence-corrected chi connectivity index (χ1v) is 6.93. The first-order valence-electron chi connectivity index (χ1n) is 6.93. The number of amides is 2. The van der Waals surface area contributed by atoms with E-state index in [1.54, 1.807) is 4.90 Å². The van der Waals surface area contributed by atoms with Crippen molar-refractivity contribution in [3.05, 3.63) is 0 Å². The molecule has 0 aromatic heterocycles. The maximum Gasteiger partial charge on any atom is 0.248 e. The number of hydrogen-bond acceptors (Lipinski definition) is 2. The molecule has 3 unspecified atom stereocenters. The van der Waals surface area contributed by atoms with Crippen molar-refractivity contribution >= 4 is 11.8 Å². The molecular formula is C14H26N2O2. The highest BCUT2D eigenvalue weighted by atomic mass is 16.2. The van der Waals surface area contributed by atoms with Gasteiger partial charge in [0, 0.05) is 6.04 Å². The van der Waals surface area contributed by atoms with Gasteiger partial charge in [-0.15, -0.1) is 0 Å². The summed E-state index contributed by atoms with van der Waals surface area (Å²) in [6, 6.07) is -0.282. The Morgan fingerprint density at radius 2 is 1.83 bits per heavy atom. The second-order valence-electron chi connectivity index (χ2n) is 5.81. The molecule has 4 nitrogen and oxygen atoms in total. The number of carbonyl (C=O) groups is 2. The molecule has 0 radical (unpaired) electrons. The molecule has 104 valence electrons. The van der Waals surface area contributed by atoms with Crippen molar-refractivity contribution in [1.82, 2.24) is 10.2 Å². The molecule has 0 bridgehead atoms. The Kier molecular flexibility index (Phi) is 4.41. The fraction of sp³-hybridized carbons (Fsp3) is 0.857. The maximum atomic E-state index is 12.6. The minimum Gasteiger partial charge on any atom is -0.340 e. The van der Waals surface area contributed by atoms with Gasteiger partial charge in [0.15, 0.2) is 0 Å². The van der Waals surface area contributed by atoms with Crippen LogP contribution in [0.2, 0.25) is 0 Å². The highest BCUT2D eigenvalue weighted by Gasteiger charge is 2.49. The average molecular weight is 254 g/mol. The lowest BCUT2D eigenvalue weighted by molar-refractivity contribution is -0.158. The van der Waals surface area contributed by atoms with Gasteiger partial charge in [0.2, 0.25) is 11.8 Å². The van der Waals surface area contributed by atoms with Crippen molar-refractivity contribution < 1.29 is 9.59 Å². The van der Waals surface area contributed by atoms with Gasteiger partial charge in [-0.3, -0.25) is 9.59 Å². The minimum absolute atomic E-state index is 0.0120. The van der Waals surface area contributed by atoms with Gasteiger partial charge in [0.25, 0.3) is 0 Å². The first kappa shape index (κ1) is 15.0. The van der Waals surface area contributed by atoms with Crippen LogP contribution in [0, 0.1) is 5.92 Å². The molecular weight excluding hydrogens is 228 g/mol. The van der Waals surface area contributed by atoms with Crippen LogP contribution in [0.5, 0.6) is 0 Å². The number of rotatable bonds is 4. The summed E-state index contributed by atoms with van der Waals surface area (Å²) >= 11 is 0. The molecule has 1 rings (SSSR count). The number of nitrogens with zero attached hydrogens (tertiary/aromatic N) is 1. The zero-order valence-electron chi connectivity index (χ0n) is 12.4. The second kappa shape index (κ2) is 5.29. The number of hydrogen-bond donors (Lipinski definition) is 1. The van der Waals surface area contributed by atoms with Crippen LogP contribution in [0.25, 0.3) is 0 Å². The standard InChI is InChI=1S/C14H26N2O2/c1-7-10(5)11-12(17)15-14(6,8-2)13(18)16(11)9(3)4/h9-11H,7-8H2,1-6H3,(H,15,17). The molecule has 0 aromatic rings. The molecule has 1 N–H and O–H groups in total. The van der Waals surface area contributed by atoms with Crippen molar-refractivity contribution in [2.75, 3.05) is 0 Å². The van der Waals surface area contributed by atoms with Gasteiger partial charge in [0.05, 0.1) is 0 Å². The molecule has 0 aliphatic carbocycles. The summed E-state index contributed by atoms with van der Waals surface area (Å²) < 4.78 is 0. The summed E-state index contributed by atoms with van der Waals surface area (Å²) in [6.07, 6.45) is 1.51. The Morgan fingerprint density at radius 3 is 2.22 bits per heavy atom. The van der Waals surface area contributed by atoms with E-state index >= 15 is 0 Å². The third-order valence-corrected chi connectivity index (χ3v) is 4.12. The van der Waals surface area contributed by atoms with E-state index in [1.165, 1.54) is 0 Å². The van der Waals surface area contributed by atoms with Gasteiger partial charge in [-0.1, -0.05) is 27.2 Å². The molecule has 1 heterocycles. The molecule has 1 saturated heterocycles. The SMILES string of the molecule is CCC(C)C1C(=O)NC(C)(CC)C(=O)N1C(C)C. The Balaban J connectivity index is 3.15. The van der Waals surface area contributed by atoms with Gasteiger partial charge < -0.3 is 10.2 Å². The Morgan fingerprint density at radius 1 is 1.28 bits per heavy atom. The summed E-state index contributed by atoms with van der Waals surface area (Å²) in [5, 5.41) is 2.91. The first-order chi connectivity index (χ1) is 8.28. The van der Waals surface area contributed by atoms with Gasteiger partial charge in [-0.2, -0.15) is 0 Å². The summed E-state index contributed by atoms with van der Waals surface area (Å²) in [6.45, 7) is 11.8. The minimum atomic E-state index is -0.745. The highest BCUT2D eigenvalue weighted by molar-refractivity contribution is 5.99. The fourth-order valence-corrected chi connectivity index (χ4v) is 2.49. The molecule has 1 aliphatic heterocycles. The van der Waals surface area contributed by atoms with Gasteiger partial charge in [0.1, 0.15) is 11.6 Å². The second-order valence-corrected chi connectivity index (χ2v) is 5.81. The van der Waals surface area contributed by atoms with Crippen molar-refractivity contribution in [1.29, 1.82) is 0 Å². The Labute approximate surface area is 110 Å². The van der Waals surface area contributed by atoms with E-state index in [9.17, 15) is 9.59 Å². The summed E-state index contributed by atoms with van der Waals surface area (Å²) in [5.41, 5.74) is -0.745. The number of nitrogens with one attached hydrogen (secondary N) is 1. The molecule has 1 aliphatic rings. The van der Waals surface area contributed by atoms with Crippen molar-refractivity contribution in [2.45, 2.75) is 72.0 Å². The van der Waals surface area contributed by atoms with Crippen LogP contribution < -0.4 is 5.32 Å². The predicted molar refractivity (Wildman–Crippen MR) is 72.1 cm³/mol. The summed E-state index contributed by atoms with van der Waals surface area (Å²) in [5.74, 6) is 0.213. The molecule has 18 heavy (non-hydrogen) atoms. The summed E-state index contributed by atoms with van der Waals surface area (Å²) in [4.78, 5) is 26.7. The van der Waals surface area contributed by atoms with Gasteiger partial charge in [-0.25, -0.2) is 0 Å². The van der Waals surface area contributed by atoms with E-state index in [1.807, 2.05) is 34.6 Å². The molecule has 2 amide bonds. The molecule has 0 saturated carbocycles. The average Bonchev–Trinajstić information content (AvgIpc) is 2.31. The quantitative estimate of drug-likeness (QED) is 0.833.